The number of rotatable bonds is 10. The molecule has 4 aromatic carbocycles. The summed E-state index contributed by atoms with van der Waals surface area (Å²) in [7, 11) is 0. The van der Waals surface area contributed by atoms with E-state index in [0.29, 0.717) is 18.9 Å². The van der Waals surface area contributed by atoms with Gasteiger partial charge in [0.2, 0.25) is 5.91 Å². The second-order valence-electron chi connectivity index (χ2n) is 10.2. The number of anilines is 1. The van der Waals surface area contributed by atoms with Gasteiger partial charge in [0, 0.05) is 12.2 Å². The Morgan fingerprint density at radius 2 is 1.64 bits per heavy atom. The number of likely N-dealkylation sites (tertiary alicyclic amines) is 1. The van der Waals surface area contributed by atoms with Crippen molar-refractivity contribution in [1.82, 2.24) is 4.90 Å². The Kier molecular flexibility index (Phi) is 9.05. The third-order valence-electron chi connectivity index (χ3n) is 7.37. The number of aliphatic hydroxyl groups is 1. The van der Waals surface area contributed by atoms with Gasteiger partial charge in [0.05, 0.1) is 0 Å². The molecule has 4 aromatic rings. The summed E-state index contributed by atoms with van der Waals surface area (Å²) in [6.07, 6.45) is 5.55. The fourth-order valence-corrected chi connectivity index (χ4v) is 5.38. The van der Waals surface area contributed by atoms with Crippen LogP contribution in [-0.4, -0.2) is 48.3 Å². The maximum absolute atomic E-state index is 12.2. The molecule has 0 bridgehead atoms. The quantitative estimate of drug-likeness (QED) is 0.245. The second-order valence-corrected chi connectivity index (χ2v) is 10.2. The smallest absolute Gasteiger partial charge is 0.248 e. The molecule has 5 heteroatoms. The van der Waals surface area contributed by atoms with Gasteiger partial charge in [-0.15, -0.1) is 0 Å². The average molecular weight is 521 g/mol. The van der Waals surface area contributed by atoms with Crippen molar-refractivity contribution >= 4 is 22.4 Å². The largest absolute Gasteiger partial charge is 0.491 e. The molecule has 0 radical (unpaired) electrons. The minimum Gasteiger partial charge on any atom is -0.491 e. The van der Waals surface area contributed by atoms with Gasteiger partial charge in [0.25, 0.3) is 0 Å². The zero-order chi connectivity index (χ0) is 26.9. The molecule has 0 saturated carbocycles. The molecular weight excluding hydrogens is 484 g/mol. The number of aliphatic hydroxyl groups excluding tert-OH is 1. The summed E-state index contributed by atoms with van der Waals surface area (Å²) in [6, 6.07) is 32.4. The predicted molar refractivity (Wildman–Crippen MR) is 158 cm³/mol. The Bertz CT molecular complexity index is 1390. The van der Waals surface area contributed by atoms with E-state index in [0.717, 1.165) is 42.9 Å². The molecule has 1 fully saturated rings. The summed E-state index contributed by atoms with van der Waals surface area (Å²) in [4.78, 5) is 14.5. The highest BCUT2D eigenvalue weighted by Crippen LogP contribution is 2.33. The molecule has 0 aliphatic carbocycles. The maximum Gasteiger partial charge on any atom is 0.248 e. The summed E-state index contributed by atoms with van der Waals surface area (Å²) in [5.41, 5.74) is 3.19. The van der Waals surface area contributed by atoms with Crippen LogP contribution >= 0.6 is 0 Å². The highest BCUT2D eigenvalue weighted by Gasteiger charge is 2.23. The van der Waals surface area contributed by atoms with Crippen LogP contribution in [0.2, 0.25) is 0 Å². The highest BCUT2D eigenvalue weighted by atomic mass is 16.5. The SMILES string of the molecule is O=C(C=CCc1ccccc1OCC(O)CN1CCC(c2cccc3ccccc23)CC1)Nc1ccccc1. The monoisotopic (exact) mass is 520 g/mol. The van der Waals surface area contributed by atoms with E-state index >= 15 is 0 Å². The minimum atomic E-state index is -0.570. The van der Waals surface area contributed by atoms with Crippen LogP contribution in [0.15, 0.2) is 109 Å². The molecular formula is C34H36N2O3. The summed E-state index contributed by atoms with van der Waals surface area (Å²) >= 11 is 0. The van der Waals surface area contributed by atoms with Crippen LogP contribution in [-0.2, 0) is 11.2 Å². The lowest BCUT2D eigenvalue weighted by Crippen LogP contribution is -2.40. The molecule has 0 spiro atoms. The third kappa shape index (κ3) is 7.34. The number of hydrogen-bond donors (Lipinski definition) is 2. The number of carbonyl (C=O) groups excluding carboxylic acids is 1. The summed E-state index contributed by atoms with van der Waals surface area (Å²) in [5, 5.41) is 16.2. The number of ether oxygens (including phenoxy) is 1. The van der Waals surface area contributed by atoms with E-state index in [1.54, 1.807) is 6.08 Å². The van der Waals surface area contributed by atoms with Crippen molar-refractivity contribution in [2.75, 3.05) is 31.6 Å². The standard InChI is InChI=1S/C34H36N2O3/c37-30(24-36-22-20-27(21-23-36)32-17-8-12-26-10-4-6-16-31(26)32)25-39-33-18-7-5-11-28(33)13-9-19-34(38)35-29-14-2-1-3-15-29/h1-12,14-19,27,30,37H,13,20-25H2,(H,35,38). The van der Waals surface area contributed by atoms with Crippen molar-refractivity contribution in [2.24, 2.45) is 0 Å². The lowest BCUT2D eigenvalue weighted by Gasteiger charge is -2.33. The molecule has 5 nitrogen and oxygen atoms in total. The summed E-state index contributed by atoms with van der Waals surface area (Å²) in [5.74, 6) is 1.12. The first-order valence-corrected chi connectivity index (χ1v) is 13.8. The van der Waals surface area contributed by atoms with Gasteiger partial charge in [-0.2, -0.15) is 0 Å². The number of β-amino-alcohol motifs (C(OH)–C–C–N with tert-alkyl or cyclic N) is 1. The molecule has 1 atom stereocenters. The van der Waals surface area contributed by atoms with Crippen molar-refractivity contribution in [2.45, 2.75) is 31.3 Å². The number of fused-ring (bicyclic) bond motifs is 1. The van der Waals surface area contributed by atoms with Gasteiger partial charge in [-0.05, 0) is 84.4 Å². The normalized spacial score (nSPS) is 15.4. The first-order valence-electron chi connectivity index (χ1n) is 13.8. The van der Waals surface area contributed by atoms with Crippen LogP contribution in [0.5, 0.6) is 5.75 Å². The first-order chi connectivity index (χ1) is 19.2. The lowest BCUT2D eigenvalue weighted by molar-refractivity contribution is -0.111. The molecule has 1 aliphatic heterocycles. The van der Waals surface area contributed by atoms with E-state index in [4.69, 9.17) is 4.74 Å². The Morgan fingerprint density at radius 3 is 2.49 bits per heavy atom. The number of nitrogens with one attached hydrogen (secondary N) is 1. The van der Waals surface area contributed by atoms with Crippen molar-refractivity contribution in [1.29, 1.82) is 0 Å². The van der Waals surface area contributed by atoms with Crippen LogP contribution in [0, 0.1) is 0 Å². The van der Waals surface area contributed by atoms with Gasteiger partial charge >= 0.3 is 0 Å². The Balaban J connectivity index is 1.08. The van der Waals surface area contributed by atoms with Gasteiger partial charge in [-0.25, -0.2) is 0 Å². The molecule has 39 heavy (non-hydrogen) atoms. The fraction of sp³-hybridized carbons (Fsp3) is 0.265. The molecule has 2 N–H and O–H groups in total. The Hall–Kier alpha value is -3.93. The molecule has 0 aromatic heterocycles. The molecule has 1 aliphatic rings. The van der Waals surface area contributed by atoms with Crippen LogP contribution in [0.25, 0.3) is 10.8 Å². The molecule has 1 heterocycles. The lowest BCUT2D eigenvalue weighted by atomic mass is 9.86. The van der Waals surface area contributed by atoms with Crippen molar-refractivity contribution in [3.63, 3.8) is 0 Å². The number of piperidine rings is 1. The van der Waals surface area contributed by atoms with Gasteiger partial charge in [-0.1, -0.05) is 84.9 Å². The Labute approximate surface area is 230 Å². The van der Waals surface area contributed by atoms with Gasteiger partial charge in [0.1, 0.15) is 18.5 Å². The zero-order valence-corrected chi connectivity index (χ0v) is 22.2. The number of para-hydroxylation sites is 2. The number of benzene rings is 4. The fourth-order valence-electron chi connectivity index (χ4n) is 5.38. The molecule has 200 valence electrons. The third-order valence-corrected chi connectivity index (χ3v) is 7.37. The predicted octanol–water partition coefficient (Wildman–Crippen LogP) is 6.20. The van der Waals surface area contributed by atoms with Crippen LogP contribution < -0.4 is 10.1 Å². The number of amides is 1. The van der Waals surface area contributed by atoms with Gasteiger partial charge < -0.3 is 20.1 Å². The van der Waals surface area contributed by atoms with E-state index in [1.165, 1.54) is 16.3 Å². The zero-order valence-electron chi connectivity index (χ0n) is 22.2. The number of allylic oxidation sites excluding steroid dienone is 1. The second kappa shape index (κ2) is 13.2. The molecule has 1 saturated heterocycles. The van der Waals surface area contributed by atoms with Crippen LogP contribution in [0.3, 0.4) is 0 Å². The number of carbonyl (C=O) groups is 1. The van der Waals surface area contributed by atoms with E-state index in [9.17, 15) is 9.90 Å². The van der Waals surface area contributed by atoms with Gasteiger partial charge in [-0.3, -0.25) is 4.79 Å². The molecule has 1 unspecified atom stereocenters. The average Bonchev–Trinajstić information content (AvgIpc) is 2.97. The summed E-state index contributed by atoms with van der Waals surface area (Å²) < 4.78 is 6.02. The van der Waals surface area contributed by atoms with Crippen molar-refractivity contribution in [3.8, 4) is 5.75 Å². The topological polar surface area (TPSA) is 61.8 Å². The Morgan fingerprint density at radius 1 is 0.923 bits per heavy atom. The van der Waals surface area contributed by atoms with E-state index in [-0.39, 0.29) is 12.5 Å². The van der Waals surface area contributed by atoms with Crippen LogP contribution in [0.1, 0.15) is 29.9 Å². The maximum atomic E-state index is 12.2. The number of hydrogen-bond acceptors (Lipinski definition) is 4. The highest BCUT2D eigenvalue weighted by molar-refractivity contribution is 5.99. The van der Waals surface area contributed by atoms with Crippen molar-refractivity contribution < 1.29 is 14.6 Å². The van der Waals surface area contributed by atoms with E-state index in [2.05, 4.69) is 52.7 Å². The van der Waals surface area contributed by atoms with E-state index in [1.807, 2.05) is 60.7 Å². The van der Waals surface area contributed by atoms with Crippen molar-refractivity contribution in [3.05, 3.63) is 120 Å². The minimum absolute atomic E-state index is 0.167. The number of nitrogens with zero attached hydrogens (tertiary/aromatic N) is 1. The van der Waals surface area contributed by atoms with Crippen LogP contribution in [0.4, 0.5) is 5.69 Å². The molecule has 1 amide bonds. The van der Waals surface area contributed by atoms with Gasteiger partial charge in [0.15, 0.2) is 0 Å². The first kappa shape index (κ1) is 26.7. The summed E-state index contributed by atoms with van der Waals surface area (Å²) in [6.45, 7) is 2.78. The van der Waals surface area contributed by atoms with E-state index < -0.39 is 6.10 Å². The molecule has 5 rings (SSSR count).